The molecule has 1 N–H and O–H groups in total. The zero-order chi connectivity index (χ0) is 22.9. The van der Waals surface area contributed by atoms with Crippen molar-refractivity contribution in [3.8, 4) is 11.5 Å². The van der Waals surface area contributed by atoms with E-state index in [-0.39, 0.29) is 30.3 Å². The van der Waals surface area contributed by atoms with Crippen molar-refractivity contribution in [3.63, 3.8) is 0 Å². The SMILES string of the molecule is COCOC(=O)C[C@@H](C(O)=S)[C@@H](c1ccccc1)c1ccc(OC2CCCC2)c(OC)c1. The normalized spacial score (nSPS) is 15.7. The van der Waals surface area contributed by atoms with Gasteiger partial charge < -0.3 is 24.1 Å². The van der Waals surface area contributed by atoms with E-state index < -0.39 is 11.9 Å². The highest BCUT2D eigenvalue weighted by Crippen LogP contribution is 2.40. The minimum atomic E-state index is -0.664. The van der Waals surface area contributed by atoms with E-state index in [9.17, 15) is 9.90 Å². The number of aliphatic hydroxyl groups excluding tert-OH is 1. The highest BCUT2D eigenvalue weighted by atomic mass is 32.1. The minimum absolute atomic E-state index is 0.0824. The Morgan fingerprint density at radius 3 is 2.41 bits per heavy atom. The fraction of sp³-hybridized carbons (Fsp3) is 0.440. The van der Waals surface area contributed by atoms with Crippen molar-refractivity contribution in [2.24, 2.45) is 5.92 Å². The van der Waals surface area contributed by atoms with Crippen molar-refractivity contribution in [3.05, 3.63) is 59.7 Å². The largest absolute Gasteiger partial charge is 0.502 e. The molecular weight excluding hydrogens is 428 g/mol. The monoisotopic (exact) mass is 458 g/mol. The molecule has 32 heavy (non-hydrogen) atoms. The number of ether oxygens (including phenoxy) is 4. The highest BCUT2D eigenvalue weighted by Gasteiger charge is 2.32. The summed E-state index contributed by atoms with van der Waals surface area (Å²) in [5, 5.41) is 10.1. The van der Waals surface area contributed by atoms with E-state index in [1.165, 1.54) is 20.0 Å². The summed E-state index contributed by atoms with van der Waals surface area (Å²) in [6.45, 7) is -0.152. The van der Waals surface area contributed by atoms with Crippen LogP contribution in [0.3, 0.4) is 0 Å². The Hall–Kier alpha value is -2.64. The molecule has 1 aliphatic rings. The van der Waals surface area contributed by atoms with E-state index >= 15 is 0 Å². The van der Waals surface area contributed by atoms with Crippen LogP contribution in [0.1, 0.15) is 49.1 Å². The lowest BCUT2D eigenvalue weighted by Gasteiger charge is -2.27. The highest BCUT2D eigenvalue weighted by molar-refractivity contribution is 7.80. The Bertz CT molecular complexity index is 895. The third-order valence-electron chi connectivity index (χ3n) is 5.75. The second-order valence-electron chi connectivity index (χ2n) is 7.89. The first-order valence-electron chi connectivity index (χ1n) is 10.8. The molecule has 1 saturated carbocycles. The van der Waals surface area contributed by atoms with Crippen LogP contribution in [0.4, 0.5) is 0 Å². The van der Waals surface area contributed by atoms with Gasteiger partial charge in [0.05, 0.1) is 19.6 Å². The number of methoxy groups -OCH3 is 2. The number of thiocarbonyl (C=S) groups is 1. The van der Waals surface area contributed by atoms with Gasteiger partial charge in [-0.25, -0.2) is 0 Å². The Morgan fingerprint density at radius 1 is 1.06 bits per heavy atom. The van der Waals surface area contributed by atoms with Crippen LogP contribution in [0.15, 0.2) is 48.5 Å². The van der Waals surface area contributed by atoms with Crippen molar-refractivity contribution in [1.82, 2.24) is 0 Å². The number of rotatable bonds is 11. The molecule has 3 rings (SSSR count). The van der Waals surface area contributed by atoms with Gasteiger partial charge in [-0.3, -0.25) is 4.79 Å². The summed E-state index contributed by atoms with van der Waals surface area (Å²) in [5.74, 6) is -0.235. The second-order valence-corrected chi connectivity index (χ2v) is 8.31. The third-order valence-corrected chi connectivity index (χ3v) is 6.05. The molecule has 0 amide bonds. The maximum atomic E-state index is 12.3. The van der Waals surface area contributed by atoms with Crippen LogP contribution in [0.5, 0.6) is 11.5 Å². The Morgan fingerprint density at radius 2 is 1.78 bits per heavy atom. The average molecular weight is 459 g/mol. The summed E-state index contributed by atoms with van der Waals surface area (Å²) in [7, 11) is 3.05. The first kappa shape index (κ1) is 24.0. The first-order valence-corrected chi connectivity index (χ1v) is 11.2. The topological polar surface area (TPSA) is 74.2 Å². The van der Waals surface area contributed by atoms with Crippen molar-refractivity contribution >= 4 is 23.2 Å². The van der Waals surface area contributed by atoms with Gasteiger partial charge in [0.1, 0.15) is 0 Å². The number of esters is 1. The van der Waals surface area contributed by atoms with E-state index in [0.29, 0.717) is 11.5 Å². The molecule has 172 valence electrons. The van der Waals surface area contributed by atoms with Crippen molar-refractivity contribution in [2.75, 3.05) is 21.0 Å². The molecule has 0 heterocycles. The van der Waals surface area contributed by atoms with Crippen LogP contribution >= 0.6 is 12.2 Å². The van der Waals surface area contributed by atoms with Crippen molar-refractivity contribution in [1.29, 1.82) is 0 Å². The van der Waals surface area contributed by atoms with E-state index in [1.807, 2.05) is 48.5 Å². The van der Waals surface area contributed by atoms with Crippen molar-refractivity contribution < 1.29 is 28.8 Å². The fourth-order valence-electron chi connectivity index (χ4n) is 4.19. The molecule has 0 aromatic heterocycles. The molecule has 6 nitrogen and oxygen atoms in total. The standard InChI is InChI=1S/C25H30O6S/c1-28-16-30-23(26)15-20(25(27)32)24(17-8-4-3-5-9-17)18-12-13-21(22(14-18)29-2)31-19-10-6-7-11-19/h3-5,8-9,12-14,19-20,24H,6-7,10-11,15-16H2,1-2H3,(H,27,32)/t20-,24+/m1/s1. The first-order chi connectivity index (χ1) is 15.5. The lowest BCUT2D eigenvalue weighted by Crippen LogP contribution is -2.26. The summed E-state index contributed by atoms with van der Waals surface area (Å²) in [5.41, 5.74) is 1.77. The predicted octanol–water partition coefficient (Wildman–Crippen LogP) is 5.19. The molecule has 0 bridgehead atoms. The minimum Gasteiger partial charge on any atom is -0.502 e. The quantitative estimate of drug-likeness (QED) is 0.282. The molecule has 2 aromatic carbocycles. The Kier molecular flexibility index (Phi) is 8.88. The van der Waals surface area contributed by atoms with Gasteiger partial charge in [-0.1, -0.05) is 36.4 Å². The summed E-state index contributed by atoms with van der Waals surface area (Å²) in [4.78, 5) is 12.3. The van der Waals surface area contributed by atoms with Gasteiger partial charge >= 0.3 is 5.97 Å². The fourth-order valence-corrected chi connectivity index (χ4v) is 4.41. The van der Waals surface area contributed by atoms with Gasteiger partial charge in [-0.15, -0.1) is 0 Å². The number of carbonyl (C=O) groups is 1. The predicted molar refractivity (Wildman–Crippen MR) is 125 cm³/mol. The van der Waals surface area contributed by atoms with Crippen LogP contribution in [0.2, 0.25) is 0 Å². The Labute approximate surface area is 194 Å². The van der Waals surface area contributed by atoms with Gasteiger partial charge in [0.15, 0.2) is 23.3 Å². The molecule has 1 fully saturated rings. The van der Waals surface area contributed by atoms with Crippen LogP contribution in [-0.4, -0.2) is 43.2 Å². The zero-order valence-corrected chi connectivity index (χ0v) is 19.3. The van der Waals surface area contributed by atoms with Gasteiger partial charge in [-0.05, 0) is 61.2 Å². The molecule has 0 radical (unpaired) electrons. The van der Waals surface area contributed by atoms with Gasteiger partial charge in [0.2, 0.25) is 0 Å². The molecule has 0 saturated heterocycles. The van der Waals surface area contributed by atoms with Gasteiger partial charge in [0.25, 0.3) is 0 Å². The van der Waals surface area contributed by atoms with Crippen LogP contribution in [-0.2, 0) is 14.3 Å². The van der Waals surface area contributed by atoms with Crippen LogP contribution < -0.4 is 9.47 Å². The maximum absolute atomic E-state index is 12.3. The number of hydrogen-bond acceptors (Lipinski definition) is 6. The number of benzene rings is 2. The smallest absolute Gasteiger partial charge is 0.308 e. The second kappa shape index (κ2) is 11.8. The molecule has 0 spiro atoms. The maximum Gasteiger partial charge on any atom is 0.308 e. The molecular formula is C25H30O6S. The Balaban J connectivity index is 1.95. The molecule has 2 atom stereocenters. The van der Waals surface area contributed by atoms with Gasteiger partial charge in [-0.2, -0.15) is 0 Å². The summed E-state index contributed by atoms with van der Waals surface area (Å²) < 4.78 is 21.7. The number of carbonyl (C=O) groups excluding carboxylic acids is 1. The average Bonchev–Trinajstić information content (AvgIpc) is 3.31. The van der Waals surface area contributed by atoms with E-state index in [2.05, 4.69) is 0 Å². The lowest BCUT2D eigenvalue weighted by atomic mass is 9.79. The number of aliphatic hydroxyl groups is 1. The third kappa shape index (κ3) is 6.20. The number of hydrogen-bond donors (Lipinski definition) is 1. The molecule has 1 aliphatic carbocycles. The van der Waals surface area contributed by atoms with E-state index in [4.69, 9.17) is 31.2 Å². The summed E-state index contributed by atoms with van der Waals surface area (Å²) >= 11 is 5.17. The summed E-state index contributed by atoms with van der Waals surface area (Å²) in [6, 6.07) is 15.4. The molecule has 0 aliphatic heterocycles. The zero-order valence-electron chi connectivity index (χ0n) is 18.5. The molecule has 7 heteroatoms. The van der Waals surface area contributed by atoms with Crippen LogP contribution in [0, 0.1) is 5.92 Å². The van der Waals surface area contributed by atoms with E-state index in [0.717, 1.165) is 24.0 Å². The van der Waals surface area contributed by atoms with Crippen molar-refractivity contribution in [2.45, 2.75) is 44.1 Å². The van der Waals surface area contributed by atoms with Gasteiger partial charge in [0, 0.05) is 18.9 Å². The molecule has 0 unspecified atom stereocenters. The summed E-state index contributed by atoms with van der Waals surface area (Å²) in [6.07, 6.45) is 4.56. The van der Waals surface area contributed by atoms with Crippen LogP contribution in [0.25, 0.3) is 0 Å². The molecule has 2 aromatic rings. The van der Waals surface area contributed by atoms with E-state index in [1.54, 1.807) is 7.11 Å². The lowest BCUT2D eigenvalue weighted by molar-refractivity contribution is -0.154.